The molecule has 0 aliphatic rings. The maximum Gasteiger partial charge on any atom is 0.500 e. The van der Waals surface area contributed by atoms with E-state index in [-0.39, 0.29) is 11.9 Å². The Bertz CT molecular complexity index is 271. The second kappa shape index (κ2) is 8.42. The molecule has 1 N–H and O–H groups in total. The average Bonchev–Trinajstić information content (AvgIpc) is 2.35. The Hall–Kier alpha value is -0.693. The van der Waals surface area contributed by atoms with E-state index in [0.717, 1.165) is 18.9 Å². The molecule has 0 aliphatic carbocycles. The topological polar surface area (TPSA) is 56.8 Å². The molecule has 0 aromatic heterocycles. The molecule has 1 atom stereocenters. The van der Waals surface area contributed by atoms with Crippen LogP contribution in [0.4, 0.5) is 0 Å². The highest BCUT2D eigenvalue weighted by Gasteiger charge is 2.36. The fraction of sp³-hybridized carbons (Fsp3) is 0.750. The van der Waals surface area contributed by atoms with Gasteiger partial charge in [0.25, 0.3) is 0 Å². The van der Waals surface area contributed by atoms with Gasteiger partial charge in [0, 0.05) is 39.0 Å². The monoisotopic (exact) mass is 275 g/mol. The zero-order valence-electron chi connectivity index (χ0n) is 12.0. The average molecular weight is 275 g/mol. The highest BCUT2D eigenvalue weighted by Crippen LogP contribution is 2.17. The van der Waals surface area contributed by atoms with Gasteiger partial charge in [-0.05, 0) is 26.7 Å². The predicted octanol–water partition coefficient (Wildman–Crippen LogP) is 1.73. The van der Waals surface area contributed by atoms with Gasteiger partial charge in [0.05, 0.1) is 0 Å². The van der Waals surface area contributed by atoms with E-state index < -0.39 is 8.80 Å². The number of amides is 1. The number of hydrogen-bond donors (Lipinski definition) is 1. The highest BCUT2D eigenvalue weighted by atomic mass is 28.4. The molecule has 18 heavy (non-hydrogen) atoms. The normalized spacial score (nSPS) is 13.2. The summed E-state index contributed by atoms with van der Waals surface area (Å²) in [6, 6.07) is 0.843. The molecule has 0 radical (unpaired) electrons. The summed E-state index contributed by atoms with van der Waals surface area (Å²) in [6.07, 6.45) is 1.73. The third kappa shape index (κ3) is 5.77. The molecule has 0 spiro atoms. The van der Waals surface area contributed by atoms with E-state index in [1.165, 1.54) is 0 Å². The summed E-state index contributed by atoms with van der Waals surface area (Å²) in [5.41, 5.74) is 0.524. The smallest absolute Gasteiger partial charge is 0.377 e. The Morgan fingerprint density at radius 3 is 2.17 bits per heavy atom. The van der Waals surface area contributed by atoms with Crippen LogP contribution in [0.15, 0.2) is 12.2 Å². The number of hydrogen-bond acceptors (Lipinski definition) is 4. The Morgan fingerprint density at radius 1 is 1.28 bits per heavy atom. The Balaban J connectivity index is 4.03. The van der Waals surface area contributed by atoms with Gasteiger partial charge >= 0.3 is 8.80 Å². The molecule has 0 rings (SSSR count). The van der Waals surface area contributed by atoms with Crippen LogP contribution in [-0.2, 0) is 18.1 Å². The minimum absolute atomic E-state index is 0.101. The van der Waals surface area contributed by atoms with E-state index in [0.29, 0.717) is 5.57 Å². The molecule has 106 valence electrons. The maximum absolute atomic E-state index is 11.4. The van der Waals surface area contributed by atoms with Crippen LogP contribution in [0.2, 0.25) is 6.04 Å². The summed E-state index contributed by atoms with van der Waals surface area (Å²) < 4.78 is 16.0. The van der Waals surface area contributed by atoms with Crippen molar-refractivity contribution in [3.63, 3.8) is 0 Å². The number of carbonyl (C=O) groups excluding carboxylic acids is 1. The van der Waals surface area contributed by atoms with Crippen LogP contribution in [-0.4, -0.2) is 42.1 Å². The van der Waals surface area contributed by atoms with E-state index in [9.17, 15) is 4.79 Å². The Kier molecular flexibility index (Phi) is 8.09. The van der Waals surface area contributed by atoms with E-state index in [1.807, 2.05) is 6.92 Å². The summed E-state index contributed by atoms with van der Waals surface area (Å²) in [5.74, 6) is -0.101. The standard InChI is InChI=1S/C12H25NO4Si/c1-10(2)12(14)13-11(3)8-7-9-18(15-4,16-5)17-6/h11H,1,7-9H2,2-6H3,(H,13,14). The Labute approximate surface area is 111 Å². The van der Waals surface area contributed by atoms with Crippen molar-refractivity contribution in [3.05, 3.63) is 12.2 Å². The molecule has 0 fully saturated rings. The van der Waals surface area contributed by atoms with Gasteiger partial charge in [-0.2, -0.15) is 0 Å². The molecule has 0 aliphatic heterocycles. The fourth-order valence-electron chi connectivity index (χ4n) is 1.60. The lowest BCUT2D eigenvalue weighted by atomic mass is 10.2. The minimum Gasteiger partial charge on any atom is -0.377 e. The second-order valence-corrected chi connectivity index (χ2v) is 7.43. The first-order valence-electron chi connectivity index (χ1n) is 6.02. The van der Waals surface area contributed by atoms with Gasteiger partial charge < -0.3 is 18.6 Å². The van der Waals surface area contributed by atoms with Gasteiger partial charge in [-0.1, -0.05) is 6.58 Å². The van der Waals surface area contributed by atoms with E-state index in [4.69, 9.17) is 13.3 Å². The first-order chi connectivity index (χ1) is 8.40. The minimum atomic E-state index is -2.48. The third-order valence-corrected chi connectivity index (χ3v) is 5.65. The van der Waals surface area contributed by atoms with Crippen LogP contribution in [0.3, 0.4) is 0 Å². The van der Waals surface area contributed by atoms with Gasteiger partial charge in [-0.25, -0.2) is 0 Å². The number of rotatable bonds is 9. The van der Waals surface area contributed by atoms with Gasteiger partial charge in [0.2, 0.25) is 5.91 Å². The van der Waals surface area contributed by atoms with Gasteiger partial charge in [-0.15, -0.1) is 0 Å². The molecule has 5 nitrogen and oxygen atoms in total. The molecule has 6 heteroatoms. The largest absolute Gasteiger partial charge is 0.500 e. The molecule has 0 saturated heterocycles. The SMILES string of the molecule is C=C(C)C(=O)NC(C)CCC[Si](OC)(OC)OC. The summed E-state index contributed by atoms with van der Waals surface area (Å²) in [7, 11) is 2.33. The van der Waals surface area contributed by atoms with Crippen molar-refractivity contribution >= 4 is 14.7 Å². The van der Waals surface area contributed by atoms with Crippen molar-refractivity contribution in [2.45, 2.75) is 38.8 Å². The van der Waals surface area contributed by atoms with Gasteiger partial charge in [0.15, 0.2) is 0 Å². The number of carbonyl (C=O) groups is 1. The lowest BCUT2D eigenvalue weighted by molar-refractivity contribution is -0.118. The summed E-state index contributed by atoms with van der Waals surface area (Å²) in [4.78, 5) is 11.4. The highest BCUT2D eigenvalue weighted by molar-refractivity contribution is 6.60. The van der Waals surface area contributed by atoms with Crippen LogP contribution < -0.4 is 5.32 Å². The van der Waals surface area contributed by atoms with Crippen molar-refractivity contribution in [1.29, 1.82) is 0 Å². The van der Waals surface area contributed by atoms with Gasteiger partial charge in [0.1, 0.15) is 0 Å². The van der Waals surface area contributed by atoms with E-state index in [1.54, 1.807) is 28.3 Å². The van der Waals surface area contributed by atoms with Crippen molar-refractivity contribution < 1.29 is 18.1 Å². The number of nitrogens with one attached hydrogen (secondary N) is 1. The van der Waals surface area contributed by atoms with Crippen LogP contribution in [0.1, 0.15) is 26.7 Å². The van der Waals surface area contributed by atoms with Gasteiger partial charge in [-0.3, -0.25) is 4.79 Å². The fourth-order valence-corrected chi connectivity index (χ4v) is 3.35. The first kappa shape index (κ1) is 17.3. The van der Waals surface area contributed by atoms with Crippen molar-refractivity contribution in [3.8, 4) is 0 Å². The van der Waals surface area contributed by atoms with Crippen LogP contribution in [0.25, 0.3) is 0 Å². The molecule has 0 bridgehead atoms. The third-order valence-electron chi connectivity index (χ3n) is 2.82. The summed E-state index contributed by atoms with van der Waals surface area (Å²) >= 11 is 0. The zero-order chi connectivity index (χ0) is 14.2. The molecule has 0 aromatic carbocycles. The van der Waals surface area contributed by atoms with Crippen molar-refractivity contribution in [1.82, 2.24) is 5.32 Å². The van der Waals surface area contributed by atoms with Crippen LogP contribution in [0, 0.1) is 0 Å². The molecular weight excluding hydrogens is 250 g/mol. The molecular formula is C12H25NO4Si. The molecule has 1 unspecified atom stereocenters. The summed E-state index contributed by atoms with van der Waals surface area (Å²) in [5, 5.41) is 2.87. The van der Waals surface area contributed by atoms with Crippen LogP contribution in [0.5, 0.6) is 0 Å². The van der Waals surface area contributed by atoms with Crippen molar-refractivity contribution in [2.24, 2.45) is 0 Å². The first-order valence-corrected chi connectivity index (χ1v) is 7.95. The molecule has 0 saturated carbocycles. The Morgan fingerprint density at radius 2 is 1.78 bits per heavy atom. The quantitative estimate of drug-likeness (QED) is 0.514. The molecule has 1 amide bonds. The maximum atomic E-state index is 11.4. The lowest BCUT2D eigenvalue weighted by Crippen LogP contribution is -2.43. The van der Waals surface area contributed by atoms with E-state index in [2.05, 4.69) is 11.9 Å². The zero-order valence-corrected chi connectivity index (χ0v) is 13.0. The van der Waals surface area contributed by atoms with Crippen molar-refractivity contribution in [2.75, 3.05) is 21.3 Å². The second-order valence-electron chi connectivity index (χ2n) is 4.34. The summed E-state index contributed by atoms with van der Waals surface area (Å²) in [6.45, 7) is 7.27. The molecule has 0 heterocycles. The molecule has 0 aromatic rings. The lowest BCUT2D eigenvalue weighted by Gasteiger charge is -2.24. The van der Waals surface area contributed by atoms with Crippen LogP contribution >= 0.6 is 0 Å². The van der Waals surface area contributed by atoms with E-state index >= 15 is 0 Å². The predicted molar refractivity (Wildman–Crippen MR) is 73.2 cm³/mol.